The Bertz CT molecular complexity index is 1090. The number of carbonyl (C=O) groups is 1. The molecule has 0 saturated heterocycles. The molecule has 0 spiro atoms. The van der Waals surface area contributed by atoms with E-state index in [1.807, 2.05) is 50.3 Å². The van der Waals surface area contributed by atoms with Gasteiger partial charge in [0.15, 0.2) is 0 Å². The molecular weight excluding hydrogens is 449 g/mol. The summed E-state index contributed by atoms with van der Waals surface area (Å²) < 4.78 is 25.3. The standard InChI is InChI=1S/C22H30N3O5PS/c1-14(2)20-18(8-6-5-7-16(26)13-19(27)28)21(15-9-11-17(31)12-10-15)24-22(23-20)25(3)32(4,29)30/h6,8-12,14,16,26H,5,7,13,31H2,1-4H3,(H,27,28)/b8-6+. The van der Waals surface area contributed by atoms with Crippen LogP contribution in [0.3, 0.4) is 0 Å². The van der Waals surface area contributed by atoms with E-state index in [2.05, 4.69) is 19.2 Å². The predicted octanol–water partition coefficient (Wildman–Crippen LogP) is 2.79. The van der Waals surface area contributed by atoms with Crippen LogP contribution >= 0.6 is 9.24 Å². The summed E-state index contributed by atoms with van der Waals surface area (Å²) in [6, 6.07) is 7.67. The third-order valence-corrected chi connectivity index (χ3v) is 6.38. The van der Waals surface area contributed by atoms with Gasteiger partial charge in [0.2, 0.25) is 16.0 Å². The van der Waals surface area contributed by atoms with Crippen molar-refractivity contribution in [3.05, 3.63) is 41.6 Å². The molecule has 2 aromatic rings. The Labute approximate surface area is 191 Å². The van der Waals surface area contributed by atoms with Crippen LogP contribution in [0.5, 0.6) is 0 Å². The normalized spacial score (nSPS) is 13.0. The number of aliphatic carboxylic acids is 1. The van der Waals surface area contributed by atoms with E-state index < -0.39 is 22.1 Å². The second-order valence-electron chi connectivity index (χ2n) is 7.91. The summed E-state index contributed by atoms with van der Waals surface area (Å²) >= 11 is 0. The van der Waals surface area contributed by atoms with Crippen molar-refractivity contribution < 1.29 is 23.4 Å². The van der Waals surface area contributed by atoms with Crippen LogP contribution < -0.4 is 9.61 Å². The molecule has 2 atom stereocenters. The Morgan fingerprint density at radius 2 is 1.84 bits per heavy atom. The molecule has 0 radical (unpaired) electrons. The lowest BCUT2D eigenvalue weighted by Crippen LogP contribution is -2.27. The first-order valence-electron chi connectivity index (χ1n) is 10.2. The molecule has 1 heterocycles. The number of carboxylic acid groups (broad SMARTS) is 1. The Hall–Kier alpha value is -2.35. The van der Waals surface area contributed by atoms with Gasteiger partial charge >= 0.3 is 5.97 Å². The summed E-state index contributed by atoms with van der Waals surface area (Å²) in [4.78, 5) is 19.9. The number of aliphatic hydroxyl groups excluding tert-OH is 1. The van der Waals surface area contributed by atoms with Crippen LogP contribution in [0.15, 0.2) is 30.3 Å². The fraction of sp³-hybridized carbons (Fsp3) is 0.409. The Balaban J connectivity index is 2.55. The van der Waals surface area contributed by atoms with Crippen LogP contribution in [-0.4, -0.2) is 54.0 Å². The Morgan fingerprint density at radius 1 is 1.22 bits per heavy atom. The maximum absolute atomic E-state index is 12.1. The van der Waals surface area contributed by atoms with Crippen LogP contribution in [0, 0.1) is 0 Å². The highest BCUT2D eigenvalue weighted by Crippen LogP contribution is 2.31. The summed E-state index contributed by atoms with van der Waals surface area (Å²) in [5, 5.41) is 19.6. The van der Waals surface area contributed by atoms with E-state index >= 15 is 0 Å². The maximum atomic E-state index is 12.1. The van der Waals surface area contributed by atoms with Crippen molar-refractivity contribution in [3.63, 3.8) is 0 Å². The molecule has 1 aromatic carbocycles. The van der Waals surface area contributed by atoms with Crippen molar-refractivity contribution >= 4 is 42.6 Å². The molecule has 10 heteroatoms. The molecule has 1 aromatic heterocycles. The average Bonchev–Trinajstić information content (AvgIpc) is 2.69. The molecule has 32 heavy (non-hydrogen) atoms. The molecular formula is C22H30N3O5PS. The fourth-order valence-electron chi connectivity index (χ4n) is 3.02. The minimum absolute atomic E-state index is 0.0123. The molecule has 0 saturated carbocycles. The van der Waals surface area contributed by atoms with Gasteiger partial charge in [-0.05, 0) is 24.1 Å². The zero-order valence-electron chi connectivity index (χ0n) is 18.7. The smallest absolute Gasteiger partial charge is 0.305 e. The van der Waals surface area contributed by atoms with E-state index in [4.69, 9.17) is 5.11 Å². The van der Waals surface area contributed by atoms with Gasteiger partial charge in [0, 0.05) is 18.2 Å². The summed E-state index contributed by atoms with van der Waals surface area (Å²) in [6.07, 6.45) is 4.38. The molecule has 0 fully saturated rings. The van der Waals surface area contributed by atoms with Crippen LogP contribution in [0.2, 0.25) is 0 Å². The van der Waals surface area contributed by atoms with Crippen molar-refractivity contribution in [2.24, 2.45) is 0 Å². The zero-order valence-corrected chi connectivity index (χ0v) is 20.7. The van der Waals surface area contributed by atoms with Gasteiger partial charge in [0.1, 0.15) is 0 Å². The van der Waals surface area contributed by atoms with Crippen LogP contribution in [0.4, 0.5) is 5.95 Å². The molecule has 2 N–H and O–H groups in total. The minimum atomic E-state index is -3.55. The number of benzene rings is 1. The zero-order chi connectivity index (χ0) is 24.1. The van der Waals surface area contributed by atoms with Crippen molar-refractivity contribution in [2.45, 2.75) is 45.1 Å². The predicted molar refractivity (Wildman–Crippen MR) is 131 cm³/mol. The van der Waals surface area contributed by atoms with Crippen molar-refractivity contribution in [1.29, 1.82) is 0 Å². The fourth-order valence-corrected chi connectivity index (χ4v) is 3.59. The summed E-state index contributed by atoms with van der Waals surface area (Å²) in [5.74, 6) is -0.959. The van der Waals surface area contributed by atoms with Gasteiger partial charge in [-0.3, -0.25) is 4.79 Å². The van der Waals surface area contributed by atoms with E-state index in [9.17, 15) is 18.3 Å². The third-order valence-electron chi connectivity index (χ3n) is 4.83. The highest BCUT2D eigenvalue weighted by Gasteiger charge is 2.22. The van der Waals surface area contributed by atoms with Crippen LogP contribution in [-0.2, 0) is 14.8 Å². The van der Waals surface area contributed by atoms with E-state index in [1.54, 1.807) is 0 Å². The number of carboxylic acids is 1. The van der Waals surface area contributed by atoms with Gasteiger partial charge in [-0.1, -0.05) is 50.3 Å². The SMILES string of the molecule is CC(C)c1nc(N(C)S(C)(=O)=O)nc(-c2ccc(P)cc2)c1/C=C/CCC(O)CC(=O)O. The molecule has 0 amide bonds. The second-order valence-corrected chi connectivity index (χ2v) is 10.6. The van der Waals surface area contributed by atoms with E-state index in [0.29, 0.717) is 24.2 Å². The number of aliphatic hydroxyl groups is 1. The van der Waals surface area contributed by atoms with Gasteiger partial charge < -0.3 is 10.2 Å². The van der Waals surface area contributed by atoms with Crippen molar-refractivity contribution in [3.8, 4) is 11.3 Å². The Morgan fingerprint density at radius 3 is 2.38 bits per heavy atom. The summed E-state index contributed by atoms with van der Waals surface area (Å²) in [6.45, 7) is 3.94. The molecule has 2 unspecified atom stereocenters. The second kappa shape index (κ2) is 11.0. The summed E-state index contributed by atoms with van der Waals surface area (Å²) in [7, 11) is 0.495. The first kappa shape index (κ1) is 25.9. The number of aromatic nitrogens is 2. The minimum Gasteiger partial charge on any atom is -0.481 e. The van der Waals surface area contributed by atoms with E-state index in [1.165, 1.54) is 7.05 Å². The van der Waals surface area contributed by atoms with Crippen LogP contribution in [0.25, 0.3) is 17.3 Å². The van der Waals surface area contributed by atoms with E-state index in [-0.39, 0.29) is 18.3 Å². The van der Waals surface area contributed by atoms with Crippen LogP contribution in [0.1, 0.15) is 50.3 Å². The van der Waals surface area contributed by atoms with Gasteiger partial charge in [0.25, 0.3) is 0 Å². The first-order chi connectivity index (χ1) is 14.9. The number of allylic oxidation sites excluding steroid dienone is 1. The highest BCUT2D eigenvalue weighted by molar-refractivity contribution is 7.92. The monoisotopic (exact) mass is 479 g/mol. The molecule has 0 bridgehead atoms. The largest absolute Gasteiger partial charge is 0.481 e. The molecule has 174 valence electrons. The quantitative estimate of drug-likeness (QED) is 0.503. The lowest BCUT2D eigenvalue weighted by molar-refractivity contribution is -0.139. The molecule has 2 rings (SSSR count). The summed E-state index contributed by atoms with van der Waals surface area (Å²) in [5.41, 5.74) is 2.86. The number of hydrogen-bond donors (Lipinski definition) is 2. The van der Waals surface area contributed by atoms with Crippen molar-refractivity contribution in [2.75, 3.05) is 17.6 Å². The number of nitrogens with zero attached hydrogens (tertiary/aromatic N) is 3. The lowest BCUT2D eigenvalue weighted by Gasteiger charge is -2.20. The topological polar surface area (TPSA) is 121 Å². The highest BCUT2D eigenvalue weighted by atomic mass is 32.2. The molecule has 0 aliphatic carbocycles. The number of anilines is 1. The molecule has 0 aliphatic heterocycles. The van der Waals surface area contributed by atoms with Crippen molar-refractivity contribution in [1.82, 2.24) is 9.97 Å². The molecule has 0 aliphatic rings. The lowest BCUT2D eigenvalue weighted by atomic mass is 9.97. The number of sulfonamides is 1. The number of hydrogen-bond acceptors (Lipinski definition) is 6. The van der Waals surface area contributed by atoms with Gasteiger partial charge in [-0.15, -0.1) is 9.24 Å². The average molecular weight is 480 g/mol. The van der Waals surface area contributed by atoms with Gasteiger partial charge in [0.05, 0.1) is 30.2 Å². The Kier molecular flexibility index (Phi) is 8.89. The van der Waals surface area contributed by atoms with E-state index in [0.717, 1.165) is 27.0 Å². The first-order valence-corrected chi connectivity index (χ1v) is 12.6. The van der Waals surface area contributed by atoms with Gasteiger partial charge in [-0.25, -0.2) is 22.7 Å². The number of rotatable bonds is 10. The third kappa shape index (κ3) is 7.08. The van der Waals surface area contributed by atoms with Gasteiger partial charge in [-0.2, -0.15) is 0 Å². The maximum Gasteiger partial charge on any atom is 0.305 e. The molecule has 8 nitrogen and oxygen atoms in total.